The summed E-state index contributed by atoms with van der Waals surface area (Å²) in [5.74, 6) is 0. The van der Waals surface area contributed by atoms with E-state index in [0.717, 1.165) is 0 Å². The molecule has 8 aromatic rings. The molecule has 8 aromatic carbocycles. The SMILES string of the molecule is [2H]c1c([2H])c([2H])c2c([2H])c(-c3cccc(-c4c5c([2H])c([2H])c([2H])c([2H])c5c(-c5c([2H])c([2H])c6c([2H])c([2H])c([2H])c([2H])c6c5[2H])c5c([2H])c([2H])c([2H])c([2H])c45)c3)c([2H])c([2H])c2c1[2H]. The minimum atomic E-state index is -0.837. The van der Waals surface area contributed by atoms with Gasteiger partial charge in [0.1, 0.15) is 0 Å². The van der Waals surface area contributed by atoms with Crippen molar-refractivity contribution in [2.75, 3.05) is 0 Å². The number of hydrogen-bond donors (Lipinski definition) is 0. The molecule has 0 atom stereocenters. The highest BCUT2D eigenvalue weighted by atomic mass is 14.2. The monoisotopic (exact) mass is 528 g/mol. The minimum Gasteiger partial charge on any atom is -0.0616 e. The third-order valence-electron chi connectivity index (χ3n) is 6.56. The predicted octanol–water partition coefficient (Wildman–Crippen LogP) is 11.3. The van der Waals surface area contributed by atoms with Crippen LogP contribution in [0.5, 0.6) is 0 Å². The fourth-order valence-corrected chi connectivity index (χ4v) is 4.83. The lowest BCUT2D eigenvalue weighted by molar-refractivity contribution is 1.63. The molecule has 40 heavy (non-hydrogen) atoms. The van der Waals surface area contributed by atoms with Gasteiger partial charge in [0, 0.05) is 0 Å². The molecule has 0 unspecified atom stereocenters. The maximum Gasteiger partial charge on any atom is 0.0636 e. The minimum absolute atomic E-state index is 0.00879. The van der Waals surface area contributed by atoms with E-state index >= 15 is 0 Å². The highest BCUT2D eigenvalue weighted by Gasteiger charge is 2.17. The molecule has 0 heteroatoms. The Morgan fingerprint density at radius 2 is 0.775 bits per heavy atom. The van der Waals surface area contributed by atoms with Crippen LogP contribution in [-0.4, -0.2) is 0 Å². The van der Waals surface area contributed by atoms with Gasteiger partial charge >= 0.3 is 0 Å². The molecule has 0 aliphatic carbocycles. The molecule has 0 amide bonds. The van der Waals surface area contributed by atoms with E-state index in [0.29, 0.717) is 0 Å². The van der Waals surface area contributed by atoms with Crippen LogP contribution in [0.3, 0.4) is 0 Å². The fourth-order valence-electron chi connectivity index (χ4n) is 4.83. The first-order valence-corrected chi connectivity index (χ1v) is 12.1. The summed E-state index contributed by atoms with van der Waals surface area (Å²) in [7, 11) is 0. The molecule has 0 aliphatic heterocycles. The highest BCUT2D eigenvalue weighted by molar-refractivity contribution is 6.21. The zero-order chi connectivity index (χ0) is 45.6. The largest absolute Gasteiger partial charge is 0.0636 e. The molecule has 0 aliphatic rings. The Balaban J connectivity index is 1.63. The standard InChI is InChI=1S/C40H26/c1-3-12-29-24-32(22-20-27(29)10-1)31-14-9-15-33(26-31)39-35-16-5-7-18-37(35)40(38-19-8-6-17-36(38)39)34-23-21-28-11-2-4-13-30(28)25-34/h1-26H/i1D,2D,3D,4D,5D,6D,7D,8D,10D,11D,12D,13D,16D,17D,18D,19D,20D,21D,22D,23D,24D,25D. The normalized spacial score (nSPS) is 19.2. The molecule has 186 valence electrons. The zero-order valence-electron chi connectivity index (χ0n) is 42.3. The van der Waals surface area contributed by atoms with Crippen LogP contribution < -0.4 is 0 Å². The predicted molar refractivity (Wildman–Crippen MR) is 173 cm³/mol. The van der Waals surface area contributed by atoms with Gasteiger partial charge in [-0.2, -0.15) is 0 Å². The number of fused-ring (bicyclic) bond motifs is 4. The highest BCUT2D eigenvalue weighted by Crippen LogP contribution is 2.44. The van der Waals surface area contributed by atoms with E-state index in [9.17, 15) is 8.22 Å². The molecule has 0 saturated carbocycles. The van der Waals surface area contributed by atoms with Gasteiger partial charge in [0.05, 0.1) is 30.2 Å². The topological polar surface area (TPSA) is 0 Å². The lowest BCUT2D eigenvalue weighted by Gasteiger charge is -2.18. The van der Waals surface area contributed by atoms with E-state index in [4.69, 9.17) is 21.9 Å². The third-order valence-corrected chi connectivity index (χ3v) is 6.56. The molecule has 0 N–H and O–H groups in total. The molecule has 0 aromatic heterocycles. The first kappa shape index (κ1) is 9.77. The quantitative estimate of drug-likeness (QED) is 0.200. The van der Waals surface area contributed by atoms with Gasteiger partial charge in [-0.15, -0.1) is 0 Å². The average molecular weight is 529 g/mol. The Hall–Kier alpha value is -5.20. The molecule has 0 heterocycles. The molecule has 0 spiro atoms. The van der Waals surface area contributed by atoms with Crippen molar-refractivity contribution in [1.29, 1.82) is 0 Å². The van der Waals surface area contributed by atoms with Gasteiger partial charge < -0.3 is 0 Å². The molecule has 0 nitrogen and oxygen atoms in total. The second-order valence-corrected chi connectivity index (χ2v) is 8.83. The molecular formula is C40H26. The molecule has 0 fully saturated rings. The van der Waals surface area contributed by atoms with Crippen molar-refractivity contribution in [2.45, 2.75) is 0 Å². The van der Waals surface area contributed by atoms with E-state index in [1.807, 2.05) is 0 Å². The average Bonchev–Trinajstić information content (AvgIpc) is 3.24. The van der Waals surface area contributed by atoms with Crippen molar-refractivity contribution in [2.24, 2.45) is 0 Å². The molecule has 0 bridgehead atoms. The zero-order valence-corrected chi connectivity index (χ0v) is 20.3. The maximum absolute atomic E-state index is 9.39. The lowest BCUT2D eigenvalue weighted by atomic mass is 9.85. The van der Waals surface area contributed by atoms with Crippen LogP contribution in [0, 0.1) is 0 Å². The van der Waals surface area contributed by atoms with Gasteiger partial charge in [-0.3, -0.25) is 0 Å². The van der Waals surface area contributed by atoms with Crippen molar-refractivity contribution in [3.05, 3.63) is 157 Å². The Bertz CT molecular complexity index is 3350. The molecule has 8 rings (SSSR count). The Morgan fingerprint density at radius 1 is 0.350 bits per heavy atom. The smallest absolute Gasteiger partial charge is 0.0616 e. The summed E-state index contributed by atoms with van der Waals surface area (Å²) < 4.78 is 193. The van der Waals surface area contributed by atoms with Gasteiger partial charge in [0.15, 0.2) is 0 Å². The van der Waals surface area contributed by atoms with Crippen LogP contribution in [0.4, 0.5) is 0 Å². The van der Waals surface area contributed by atoms with E-state index in [-0.39, 0.29) is 43.8 Å². The van der Waals surface area contributed by atoms with Crippen LogP contribution in [0.2, 0.25) is 0 Å². The van der Waals surface area contributed by atoms with Gasteiger partial charge in [0.25, 0.3) is 0 Å². The van der Waals surface area contributed by atoms with Crippen molar-refractivity contribution < 1.29 is 30.2 Å². The molecular weight excluding hydrogens is 480 g/mol. The van der Waals surface area contributed by atoms with Crippen LogP contribution in [0.25, 0.3) is 76.5 Å². The second-order valence-electron chi connectivity index (χ2n) is 8.83. The van der Waals surface area contributed by atoms with Crippen LogP contribution in [-0.2, 0) is 0 Å². The van der Waals surface area contributed by atoms with Crippen LogP contribution in [0.15, 0.2) is 157 Å². The summed E-state index contributed by atoms with van der Waals surface area (Å²) in [6.07, 6.45) is 0. The third kappa shape index (κ3) is 3.69. The molecule has 0 radical (unpaired) electrons. The number of benzene rings is 8. The Morgan fingerprint density at radius 3 is 1.35 bits per heavy atom. The van der Waals surface area contributed by atoms with Crippen LogP contribution in [0.1, 0.15) is 30.2 Å². The summed E-state index contributed by atoms with van der Waals surface area (Å²) in [5.41, 5.74) is -1.60. The first-order chi connectivity index (χ1) is 29.0. The van der Waals surface area contributed by atoms with Gasteiger partial charge in [-0.1, -0.05) is 139 Å². The first-order valence-electron chi connectivity index (χ1n) is 23.1. The van der Waals surface area contributed by atoms with E-state index in [1.54, 1.807) is 0 Å². The summed E-state index contributed by atoms with van der Waals surface area (Å²) in [5, 5.41) is -3.39. The number of rotatable bonds is 3. The van der Waals surface area contributed by atoms with Gasteiger partial charge in [-0.05, 0) is 94.6 Å². The summed E-state index contributed by atoms with van der Waals surface area (Å²) in [6, 6.07) is -10.4. The van der Waals surface area contributed by atoms with Crippen molar-refractivity contribution in [3.63, 3.8) is 0 Å². The van der Waals surface area contributed by atoms with Crippen molar-refractivity contribution in [3.8, 4) is 33.4 Å². The van der Waals surface area contributed by atoms with Gasteiger partial charge in [-0.25, -0.2) is 0 Å². The summed E-state index contributed by atoms with van der Waals surface area (Å²) in [6.45, 7) is 0. The van der Waals surface area contributed by atoms with E-state index in [2.05, 4.69) is 0 Å². The summed E-state index contributed by atoms with van der Waals surface area (Å²) >= 11 is 0. The fraction of sp³-hybridized carbons (Fsp3) is 0. The lowest BCUT2D eigenvalue weighted by Crippen LogP contribution is -1.91. The number of hydrogen-bond acceptors (Lipinski definition) is 0. The molecule has 0 saturated heterocycles. The second kappa shape index (κ2) is 9.22. The van der Waals surface area contributed by atoms with Crippen LogP contribution >= 0.6 is 0 Å². The van der Waals surface area contributed by atoms with Crippen molar-refractivity contribution in [1.82, 2.24) is 0 Å². The Kier molecular flexibility index (Phi) is 2.25. The van der Waals surface area contributed by atoms with E-state index in [1.165, 1.54) is 24.3 Å². The maximum atomic E-state index is 9.39. The van der Waals surface area contributed by atoms with E-state index < -0.39 is 166 Å². The summed E-state index contributed by atoms with van der Waals surface area (Å²) in [4.78, 5) is 0. The van der Waals surface area contributed by atoms with Gasteiger partial charge in [0.2, 0.25) is 0 Å². The Labute approximate surface area is 264 Å². The van der Waals surface area contributed by atoms with Crippen molar-refractivity contribution >= 4 is 43.1 Å².